The van der Waals surface area contributed by atoms with Crippen molar-refractivity contribution < 1.29 is 41.9 Å². The Morgan fingerprint density at radius 2 is 1.65 bits per heavy atom. The average molecular weight is 454 g/mol. The third-order valence-electron chi connectivity index (χ3n) is 4.02. The van der Waals surface area contributed by atoms with Gasteiger partial charge in [-0.15, -0.1) is 0 Å². The predicted octanol–water partition coefficient (Wildman–Crippen LogP) is 1.53. The van der Waals surface area contributed by atoms with E-state index in [1.807, 2.05) is 0 Å². The fourth-order valence-corrected chi connectivity index (χ4v) is 3.65. The number of amides is 1. The zero-order chi connectivity index (χ0) is 23.3. The van der Waals surface area contributed by atoms with E-state index in [9.17, 15) is 28.1 Å². The number of carbonyl (C=O) groups excluding carboxylic acids is 2. The van der Waals surface area contributed by atoms with Crippen LogP contribution < -0.4 is 18.9 Å². The second kappa shape index (κ2) is 9.30. The van der Waals surface area contributed by atoms with Crippen LogP contribution in [0.3, 0.4) is 0 Å². The molecule has 2 rings (SSSR count). The zero-order valence-corrected chi connectivity index (χ0v) is 17.6. The molecule has 2 aromatic carbocycles. The van der Waals surface area contributed by atoms with Crippen LogP contribution in [0.5, 0.6) is 17.2 Å². The maximum absolute atomic E-state index is 12.7. The second-order valence-corrected chi connectivity index (χ2v) is 7.44. The van der Waals surface area contributed by atoms with E-state index in [2.05, 4.69) is 4.74 Å². The smallest absolute Gasteiger partial charge is 0.337 e. The van der Waals surface area contributed by atoms with Gasteiger partial charge in [0.2, 0.25) is 11.5 Å². The van der Waals surface area contributed by atoms with E-state index in [1.54, 1.807) is 4.72 Å². The number of nitrogens with zero attached hydrogens (tertiary/aromatic N) is 1. The molecule has 0 bridgehead atoms. The van der Waals surface area contributed by atoms with Gasteiger partial charge in [0.25, 0.3) is 15.9 Å². The highest BCUT2D eigenvalue weighted by Crippen LogP contribution is 2.46. The minimum absolute atomic E-state index is 0.0726. The lowest BCUT2D eigenvalue weighted by Gasteiger charge is -2.15. The monoisotopic (exact) mass is 454 g/mol. The van der Waals surface area contributed by atoms with E-state index in [4.69, 9.17) is 14.2 Å². The van der Waals surface area contributed by atoms with Gasteiger partial charge in [-0.2, -0.15) is 0 Å². The Morgan fingerprint density at radius 1 is 1.00 bits per heavy atom. The molecule has 0 fully saturated rings. The Morgan fingerprint density at radius 3 is 2.16 bits per heavy atom. The van der Waals surface area contributed by atoms with E-state index in [0.29, 0.717) is 0 Å². The fraction of sp³-hybridized carbons (Fsp3) is 0.222. The van der Waals surface area contributed by atoms with Gasteiger partial charge in [0.15, 0.2) is 5.75 Å². The van der Waals surface area contributed by atoms with Crippen molar-refractivity contribution in [2.24, 2.45) is 0 Å². The van der Waals surface area contributed by atoms with Crippen LogP contribution in [-0.2, 0) is 14.8 Å². The molecule has 1 amide bonds. The molecule has 12 nitrogen and oxygen atoms in total. The van der Waals surface area contributed by atoms with Crippen LogP contribution in [0.2, 0.25) is 0 Å². The van der Waals surface area contributed by atoms with Gasteiger partial charge in [-0.3, -0.25) is 14.9 Å². The van der Waals surface area contributed by atoms with Crippen molar-refractivity contribution in [2.75, 3.05) is 28.4 Å². The van der Waals surface area contributed by atoms with Crippen LogP contribution in [-0.4, -0.2) is 53.7 Å². The molecule has 166 valence electrons. The molecular weight excluding hydrogens is 436 g/mol. The van der Waals surface area contributed by atoms with Crippen LogP contribution in [0, 0.1) is 10.1 Å². The summed E-state index contributed by atoms with van der Waals surface area (Å²) in [6.45, 7) is 0. The summed E-state index contributed by atoms with van der Waals surface area (Å²) in [6.07, 6.45) is 0. The van der Waals surface area contributed by atoms with Gasteiger partial charge in [-0.1, -0.05) is 6.07 Å². The van der Waals surface area contributed by atoms with E-state index in [0.717, 1.165) is 32.4 Å². The van der Waals surface area contributed by atoms with E-state index >= 15 is 0 Å². The Kier molecular flexibility index (Phi) is 7.02. The molecule has 0 heterocycles. The fourth-order valence-electron chi connectivity index (χ4n) is 2.64. The normalized spacial score (nSPS) is 10.7. The molecule has 0 saturated carbocycles. The number of carbonyl (C=O) groups is 2. The highest BCUT2D eigenvalue weighted by molar-refractivity contribution is 7.90. The SMILES string of the molecule is COC(=O)c1cccc(S(=O)(=O)NC(=O)c2cc(OC)c(OC)c(OC)c2[N+](=O)[O-])c1. The number of hydrogen-bond donors (Lipinski definition) is 1. The number of ether oxygens (including phenoxy) is 4. The second-order valence-electron chi connectivity index (χ2n) is 5.75. The first-order valence-corrected chi connectivity index (χ1v) is 9.82. The number of esters is 1. The lowest BCUT2D eigenvalue weighted by Crippen LogP contribution is -2.31. The highest BCUT2D eigenvalue weighted by atomic mass is 32.2. The Balaban J connectivity index is 2.57. The van der Waals surface area contributed by atoms with Crippen LogP contribution in [0.15, 0.2) is 35.2 Å². The minimum atomic E-state index is -4.51. The van der Waals surface area contributed by atoms with Gasteiger partial charge in [0, 0.05) is 6.07 Å². The van der Waals surface area contributed by atoms with E-state index in [1.165, 1.54) is 26.4 Å². The lowest BCUT2D eigenvalue weighted by molar-refractivity contribution is -0.386. The summed E-state index contributed by atoms with van der Waals surface area (Å²) in [4.78, 5) is 34.6. The van der Waals surface area contributed by atoms with Crippen molar-refractivity contribution in [3.8, 4) is 17.2 Å². The lowest BCUT2D eigenvalue weighted by atomic mass is 10.1. The number of sulfonamides is 1. The number of rotatable bonds is 8. The third-order valence-corrected chi connectivity index (χ3v) is 5.35. The topological polar surface area (TPSA) is 160 Å². The molecule has 0 unspecified atom stereocenters. The number of methoxy groups -OCH3 is 4. The van der Waals surface area contributed by atoms with Gasteiger partial charge in [0.05, 0.1) is 43.8 Å². The molecule has 1 N–H and O–H groups in total. The average Bonchev–Trinajstić information content (AvgIpc) is 2.76. The van der Waals surface area contributed by atoms with Crippen molar-refractivity contribution in [3.63, 3.8) is 0 Å². The van der Waals surface area contributed by atoms with Crippen LogP contribution >= 0.6 is 0 Å². The summed E-state index contributed by atoms with van der Waals surface area (Å²) in [7, 11) is 0.153. The number of nitro groups is 1. The first-order chi connectivity index (χ1) is 14.6. The molecule has 0 spiro atoms. The summed E-state index contributed by atoms with van der Waals surface area (Å²) >= 11 is 0. The Hall–Kier alpha value is -3.87. The molecule has 0 aromatic heterocycles. The summed E-state index contributed by atoms with van der Waals surface area (Å²) in [5, 5.41) is 11.6. The first kappa shape index (κ1) is 23.4. The molecular formula is C18H18N2O10S. The highest BCUT2D eigenvalue weighted by Gasteiger charge is 2.34. The molecule has 31 heavy (non-hydrogen) atoms. The van der Waals surface area contributed by atoms with Crippen molar-refractivity contribution in [2.45, 2.75) is 4.90 Å². The standard InChI is InChI=1S/C18H18N2O10S/c1-27-13-9-12(14(20(23)24)16(29-3)15(13)28-2)17(21)19-31(25,26)11-7-5-6-10(8-11)18(22)30-4/h5-9H,1-4H3,(H,19,21). The van der Waals surface area contributed by atoms with E-state index in [-0.39, 0.29) is 17.1 Å². The quantitative estimate of drug-likeness (QED) is 0.352. The number of benzene rings is 2. The van der Waals surface area contributed by atoms with Crippen LogP contribution in [0.25, 0.3) is 0 Å². The molecule has 0 aliphatic carbocycles. The molecule has 0 saturated heterocycles. The van der Waals surface area contributed by atoms with Crippen molar-refractivity contribution in [3.05, 3.63) is 51.6 Å². The van der Waals surface area contributed by atoms with Crippen molar-refractivity contribution in [1.29, 1.82) is 0 Å². The van der Waals surface area contributed by atoms with Gasteiger partial charge in [-0.25, -0.2) is 17.9 Å². The van der Waals surface area contributed by atoms with Gasteiger partial charge < -0.3 is 18.9 Å². The molecule has 2 aromatic rings. The number of nitro benzene ring substituents is 1. The maximum atomic E-state index is 12.7. The predicted molar refractivity (Wildman–Crippen MR) is 105 cm³/mol. The summed E-state index contributed by atoms with van der Waals surface area (Å²) < 4.78 is 46.7. The third kappa shape index (κ3) is 4.66. The minimum Gasteiger partial charge on any atom is -0.493 e. The van der Waals surface area contributed by atoms with E-state index < -0.39 is 48.7 Å². The molecule has 0 aliphatic heterocycles. The summed E-state index contributed by atoms with van der Waals surface area (Å²) in [5.74, 6) is -2.79. The first-order valence-electron chi connectivity index (χ1n) is 8.34. The van der Waals surface area contributed by atoms with Crippen molar-refractivity contribution in [1.82, 2.24) is 4.72 Å². The van der Waals surface area contributed by atoms with Crippen LogP contribution in [0.1, 0.15) is 20.7 Å². The van der Waals surface area contributed by atoms with Crippen LogP contribution in [0.4, 0.5) is 5.69 Å². The zero-order valence-electron chi connectivity index (χ0n) is 16.8. The number of hydrogen-bond acceptors (Lipinski definition) is 10. The molecule has 0 radical (unpaired) electrons. The largest absolute Gasteiger partial charge is 0.493 e. The Bertz CT molecular complexity index is 1140. The van der Waals surface area contributed by atoms with Gasteiger partial charge in [0.1, 0.15) is 5.56 Å². The van der Waals surface area contributed by atoms with Gasteiger partial charge in [-0.05, 0) is 18.2 Å². The van der Waals surface area contributed by atoms with Crippen molar-refractivity contribution >= 4 is 27.6 Å². The molecule has 13 heteroatoms. The summed E-state index contributed by atoms with van der Waals surface area (Å²) in [6, 6.07) is 5.66. The summed E-state index contributed by atoms with van der Waals surface area (Å²) in [5.41, 5.74) is -1.54. The molecule has 0 aliphatic rings. The maximum Gasteiger partial charge on any atom is 0.337 e. The Labute approximate surface area is 176 Å². The molecule has 0 atom stereocenters. The number of nitrogens with one attached hydrogen (secondary N) is 1. The van der Waals surface area contributed by atoms with Gasteiger partial charge >= 0.3 is 11.7 Å².